The molecule has 0 saturated heterocycles. The number of aromatic nitrogens is 2. The summed E-state index contributed by atoms with van der Waals surface area (Å²) in [5, 5.41) is 6.94. The number of aliphatic imine (C=N–C) groups is 1. The molecule has 1 saturated carbocycles. The maximum atomic E-state index is 4.70. The third kappa shape index (κ3) is 3.40. The van der Waals surface area contributed by atoms with Crippen molar-refractivity contribution in [1.82, 2.24) is 20.2 Å². The fourth-order valence-electron chi connectivity index (χ4n) is 3.79. The molecular weight excluding hydrogens is 298 g/mol. The minimum Gasteiger partial charge on any atom is -0.356 e. The van der Waals surface area contributed by atoms with Crippen LogP contribution in [0.25, 0.3) is 11.0 Å². The number of nitrogens with one attached hydrogen (secondary N) is 2. The van der Waals surface area contributed by atoms with Crippen molar-refractivity contribution in [2.75, 3.05) is 13.6 Å². The van der Waals surface area contributed by atoms with E-state index in [9.17, 15) is 0 Å². The average Bonchev–Trinajstić information content (AvgIpc) is 3.21. The first-order valence-electron chi connectivity index (χ1n) is 9.02. The molecule has 0 bridgehead atoms. The van der Waals surface area contributed by atoms with E-state index in [1.165, 1.54) is 32.1 Å². The lowest BCUT2D eigenvalue weighted by Crippen LogP contribution is -2.42. The van der Waals surface area contributed by atoms with Crippen molar-refractivity contribution < 1.29 is 0 Å². The first-order chi connectivity index (χ1) is 11.7. The first-order valence-corrected chi connectivity index (χ1v) is 9.02. The van der Waals surface area contributed by atoms with Crippen molar-refractivity contribution in [3.63, 3.8) is 0 Å². The second-order valence-electron chi connectivity index (χ2n) is 6.92. The van der Waals surface area contributed by atoms with E-state index in [0.29, 0.717) is 12.0 Å². The number of para-hydroxylation sites is 2. The SMILES string of the molecule is CCC1(CNC(=NC)NCc2nc3ccccc3n2C)CCCC1. The molecule has 0 aliphatic heterocycles. The summed E-state index contributed by atoms with van der Waals surface area (Å²) < 4.78 is 2.14. The van der Waals surface area contributed by atoms with Gasteiger partial charge in [-0.05, 0) is 36.8 Å². The van der Waals surface area contributed by atoms with Crippen molar-refractivity contribution in [3.05, 3.63) is 30.1 Å². The standard InChI is InChI=1S/C19H29N5/c1-4-19(11-7-8-12-19)14-22-18(20-2)21-13-17-23-15-9-5-6-10-16(15)24(17)3/h5-6,9-10H,4,7-8,11-14H2,1-3H3,(H2,20,21,22). The summed E-state index contributed by atoms with van der Waals surface area (Å²) in [5.41, 5.74) is 2.65. The summed E-state index contributed by atoms with van der Waals surface area (Å²) in [6.45, 7) is 3.98. The third-order valence-electron chi connectivity index (χ3n) is 5.56. The molecule has 2 N–H and O–H groups in total. The number of guanidine groups is 1. The van der Waals surface area contributed by atoms with Crippen molar-refractivity contribution in [1.29, 1.82) is 0 Å². The molecule has 5 nitrogen and oxygen atoms in total. The lowest BCUT2D eigenvalue weighted by Gasteiger charge is -2.28. The Kier molecular flexibility index (Phi) is 5.07. The minimum absolute atomic E-state index is 0.454. The highest BCUT2D eigenvalue weighted by molar-refractivity contribution is 5.80. The van der Waals surface area contributed by atoms with Crippen molar-refractivity contribution in [3.8, 4) is 0 Å². The molecule has 0 radical (unpaired) electrons. The topological polar surface area (TPSA) is 54.2 Å². The molecule has 0 amide bonds. The fourth-order valence-corrected chi connectivity index (χ4v) is 3.79. The van der Waals surface area contributed by atoms with Gasteiger partial charge in [0.15, 0.2) is 5.96 Å². The van der Waals surface area contributed by atoms with E-state index >= 15 is 0 Å². The lowest BCUT2D eigenvalue weighted by molar-refractivity contribution is 0.283. The van der Waals surface area contributed by atoms with Gasteiger partial charge in [-0.2, -0.15) is 0 Å². The van der Waals surface area contributed by atoms with Gasteiger partial charge in [0, 0.05) is 20.6 Å². The zero-order chi connectivity index (χ0) is 17.0. The number of rotatable bonds is 5. The van der Waals surface area contributed by atoms with E-state index in [2.05, 4.69) is 46.3 Å². The van der Waals surface area contributed by atoms with E-state index in [4.69, 9.17) is 4.98 Å². The molecule has 1 aromatic heterocycles. The second-order valence-corrected chi connectivity index (χ2v) is 6.92. The van der Waals surface area contributed by atoms with Gasteiger partial charge in [-0.1, -0.05) is 31.9 Å². The lowest BCUT2D eigenvalue weighted by atomic mass is 9.83. The number of benzene rings is 1. The molecule has 0 atom stereocenters. The maximum Gasteiger partial charge on any atom is 0.191 e. The molecule has 1 aliphatic rings. The smallest absolute Gasteiger partial charge is 0.191 e. The van der Waals surface area contributed by atoms with E-state index in [-0.39, 0.29) is 0 Å². The monoisotopic (exact) mass is 327 g/mol. The van der Waals surface area contributed by atoms with Crippen LogP contribution in [-0.4, -0.2) is 29.1 Å². The van der Waals surface area contributed by atoms with Gasteiger partial charge in [-0.15, -0.1) is 0 Å². The normalized spacial score (nSPS) is 17.4. The molecule has 0 spiro atoms. The van der Waals surface area contributed by atoms with Crippen LogP contribution in [0.4, 0.5) is 0 Å². The van der Waals surface area contributed by atoms with Crippen LogP contribution in [0.5, 0.6) is 0 Å². The number of hydrogen-bond acceptors (Lipinski definition) is 2. The van der Waals surface area contributed by atoms with E-state index < -0.39 is 0 Å². The zero-order valence-corrected chi connectivity index (χ0v) is 15.1. The van der Waals surface area contributed by atoms with Crippen molar-refractivity contribution >= 4 is 17.0 Å². The summed E-state index contributed by atoms with van der Waals surface area (Å²) >= 11 is 0. The van der Waals surface area contributed by atoms with E-state index in [0.717, 1.165) is 29.4 Å². The number of nitrogens with zero attached hydrogens (tertiary/aromatic N) is 3. The highest BCUT2D eigenvalue weighted by Gasteiger charge is 2.31. The van der Waals surface area contributed by atoms with Gasteiger partial charge in [0.25, 0.3) is 0 Å². The first kappa shape index (κ1) is 16.8. The van der Waals surface area contributed by atoms with Gasteiger partial charge < -0.3 is 15.2 Å². The molecule has 3 rings (SSSR count). The van der Waals surface area contributed by atoms with Gasteiger partial charge in [0.05, 0.1) is 17.6 Å². The molecule has 1 fully saturated rings. The number of hydrogen-bond donors (Lipinski definition) is 2. The summed E-state index contributed by atoms with van der Waals surface area (Å²) in [6.07, 6.45) is 6.63. The summed E-state index contributed by atoms with van der Waals surface area (Å²) in [6, 6.07) is 8.23. The average molecular weight is 327 g/mol. The second kappa shape index (κ2) is 7.24. The van der Waals surface area contributed by atoms with Crippen LogP contribution in [0.15, 0.2) is 29.3 Å². The van der Waals surface area contributed by atoms with Crippen LogP contribution in [0.1, 0.15) is 44.9 Å². The zero-order valence-electron chi connectivity index (χ0n) is 15.1. The Morgan fingerprint density at radius 1 is 1.25 bits per heavy atom. The summed E-state index contributed by atoms with van der Waals surface area (Å²) in [5.74, 6) is 1.88. The Bertz CT molecular complexity index is 710. The Labute approximate surface area is 144 Å². The van der Waals surface area contributed by atoms with Gasteiger partial charge >= 0.3 is 0 Å². The number of fused-ring (bicyclic) bond motifs is 1. The molecule has 130 valence electrons. The fraction of sp³-hybridized carbons (Fsp3) is 0.579. The van der Waals surface area contributed by atoms with E-state index in [1.54, 1.807) is 0 Å². The third-order valence-corrected chi connectivity index (χ3v) is 5.56. The molecule has 5 heteroatoms. The summed E-state index contributed by atoms with van der Waals surface area (Å²) in [4.78, 5) is 9.07. The van der Waals surface area contributed by atoms with Gasteiger partial charge in [0.2, 0.25) is 0 Å². The largest absolute Gasteiger partial charge is 0.356 e. The van der Waals surface area contributed by atoms with Crippen LogP contribution in [0.2, 0.25) is 0 Å². The quantitative estimate of drug-likeness (QED) is 0.655. The van der Waals surface area contributed by atoms with Crippen LogP contribution >= 0.6 is 0 Å². The molecule has 0 unspecified atom stereocenters. The van der Waals surface area contributed by atoms with Gasteiger partial charge in [-0.25, -0.2) is 4.98 Å². The molecular formula is C19H29N5. The highest BCUT2D eigenvalue weighted by atomic mass is 15.2. The maximum absolute atomic E-state index is 4.70. The minimum atomic E-state index is 0.454. The van der Waals surface area contributed by atoms with Crippen LogP contribution < -0.4 is 10.6 Å². The Morgan fingerprint density at radius 2 is 2.00 bits per heavy atom. The van der Waals surface area contributed by atoms with Crippen LogP contribution in [0, 0.1) is 5.41 Å². The highest BCUT2D eigenvalue weighted by Crippen LogP contribution is 2.40. The van der Waals surface area contributed by atoms with Crippen molar-refractivity contribution in [2.45, 2.75) is 45.6 Å². The molecule has 1 aromatic carbocycles. The summed E-state index contributed by atoms with van der Waals surface area (Å²) in [7, 11) is 3.89. The number of imidazole rings is 1. The predicted molar refractivity (Wildman–Crippen MR) is 100 cm³/mol. The predicted octanol–water partition coefficient (Wildman–Crippen LogP) is 3.21. The van der Waals surface area contributed by atoms with Gasteiger partial charge in [-0.3, -0.25) is 4.99 Å². The molecule has 1 aliphatic carbocycles. The molecule has 2 aromatic rings. The Hall–Kier alpha value is -2.04. The Balaban J connectivity index is 1.60. The number of aryl methyl sites for hydroxylation is 1. The molecule has 24 heavy (non-hydrogen) atoms. The van der Waals surface area contributed by atoms with Crippen LogP contribution in [-0.2, 0) is 13.6 Å². The molecule has 1 heterocycles. The van der Waals surface area contributed by atoms with Gasteiger partial charge in [0.1, 0.15) is 5.82 Å². The Morgan fingerprint density at radius 3 is 2.67 bits per heavy atom. The van der Waals surface area contributed by atoms with Crippen LogP contribution in [0.3, 0.4) is 0 Å². The van der Waals surface area contributed by atoms with E-state index in [1.807, 2.05) is 19.2 Å². The van der Waals surface area contributed by atoms with Crippen molar-refractivity contribution in [2.24, 2.45) is 17.5 Å².